The number of hydrogen-bond acceptors (Lipinski definition) is 5. The highest BCUT2D eigenvalue weighted by molar-refractivity contribution is 7.92. The maximum Gasteiger partial charge on any atom is 0.328 e. The number of benzene rings is 2. The summed E-state index contributed by atoms with van der Waals surface area (Å²) in [5.41, 5.74) is 6.51. The third-order valence-corrected chi connectivity index (χ3v) is 6.91. The van der Waals surface area contributed by atoms with Gasteiger partial charge in [-0.25, -0.2) is 13.2 Å². The summed E-state index contributed by atoms with van der Waals surface area (Å²) < 4.78 is 31.2. The van der Waals surface area contributed by atoms with Crippen LogP contribution < -0.4 is 5.73 Å². The third kappa shape index (κ3) is 2.85. The van der Waals surface area contributed by atoms with Crippen LogP contribution in [0.1, 0.15) is 24.0 Å². The van der Waals surface area contributed by atoms with Crippen LogP contribution in [-0.2, 0) is 19.4 Å². The standard InChI is InChI=1S/C19H21NO4S/c1-3-24-18(21)19(20)16(14-11-9-13(2)10-12-14)17(19)25(22,23)15-7-5-4-6-8-15/h4-12,16-17H,3,20H2,1-2H3. The number of rotatable bonds is 5. The molecular weight excluding hydrogens is 338 g/mol. The molecule has 0 saturated heterocycles. The number of esters is 1. The Morgan fingerprint density at radius 1 is 1.12 bits per heavy atom. The van der Waals surface area contributed by atoms with Gasteiger partial charge in [0.2, 0.25) is 0 Å². The van der Waals surface area contributed by atoms with E-state index in [4.69, 9.17) is 10.5 Å². The van der Waals surface area contributed by atoms with Gasteiger partial charge in [-0.1, -0.05) is 48.0 Å². The molecule has 1 saturated carbocycles. The zero-order valence-corrected chi connectivity index (χ0v) is 15.0. The highest BCUT2D eigenvalue weighted by atomic mass is 32.2. The lowest BCUT2D eigenvalue weighted by Crippen LogP contribution is -2.41. The van der Waals surface area contributed by atoms with Crippen LogP contribution in [-0.4, -0.2) is 31.8 Å². The minimum Gasteiger partial charge on any atom is -0.465 e. The van der Waals surface area contributed by atoms with Crippen molar-refractivity contribution in [3.05, 3.63) is 65.7 Å². The predicted molar refractivity (Wildman–Crippen MR) is 94.9 cm³/mol. The normalized spacial score (nSPS) is 25.4. The molecule has 0 aliphatic heterocycles. The van der Waals surface area contributed by atoms with Crippen molar-refractivity contribution in [3.63, 3.8) is 0 Å². The van der Waals surface area contributed by atoms with Crippen LogP contribution in [0.25, 0.3) is 0 Å². The Hall–Kier alpha value is -2.18. The molecule has 3 atom stereocenters. The summed E-state index contributed by atoms with van der Waals surface area (Å²) in [4.78, 5) is 12.6. The van der Waals surface area contributed by atoms with E-state index in [1.807, 2.05) is 31.2 Å². The van der Waals surface area contributed by atoms with Crippen molar-refractivity contribution in [3.8, 4) is 0 Å². The maximum atomic E-state index is 13.1. The van der Waals surface area contributed by atoms with Crippen LogP contribution in [0.5, 0.6) is 0 Å². The minimum atomic E-state index is -3.77. The molecule has 1 fully saturated rings. The van der Waals surface area contributed by atoms with Crippen molar-refractivity contribution in [2.45, 2.75) is 35.4 Å². The largest absolute Gasteiger partial charge is 0.465 e. The Morgan fingerprint density at radius 3 is 2.28 bits per heavy atom. The van der Waals surface area contributed by atoms with Crippen molar-refractivity contribution < 1.29 is 17.9 Å². The van der Waals surface area contributed by atoms with Gasteiger partial charge in [0.1, 0.15) is 10.8 Å². The molecule has 25 heavy (non-hydrogen) atoms. The molecule has 2 aromatic rings. The SMILES string of the molecule is CCOC(=O)C1(N)C(c2ccc(C)cc2)C1S(=O)(=O)c1ccccc1. The van der Waals surface area contributed by atoms with Gasteiger partial charge in [0, 0.05) is 5.92 Å². The van der Waals surface area contributed by atoms with E-state index in [2.05, 4.69) is 0 Å². The summed E-state index contributed by atoms with van der Waals surface area (Å²) >= 11 is 0. The molecule has 132 valence electrons. The fourth-order valence-electron chi connectivity index (χ4n) is 3.29. The Kier molecular flexibility index (Phi) is 4.43. The maximum absolute atomic E-state index is 13.1. The smallest absolute Gasteiger partial charge is 0.328 e. The summed E-state index contributed by atoms with van der Waals surface area (Å²) in [7, 11) is -3.77. The monoisotopic (exact) mass is 359 g/mol. The molecule has 0 heterocycles. The van der Waals surface area contributed by atoms with Gasteiger partial charge in [0.05, 0.1) is 11.5 Å². The molecule has 1 aliphatic carbocycles. The van der Waals surface area contributed by atoms with Gasteiger partial charge in [-0.15, -0.1) is 0 Å². The number of nitrogens with two attached hydrogens (primary N) is 1. The first-order valence-electron chi connectivity index (χ1n) is 8.15. The highest BCUT2D eigenvalue weighted by Crippen LogP contribution is 2.56. The second-order valence-corrected chi connectivity index (χ2v) is 8.39. The molecule has 6 heteroatoms. The van der Waals surface area contributed by atoms with E-state index in [0.29, 0.717) is 0 Å². The van der Waals surface area contributed by atoms with Crippen LogP contribution in [0.4, 0.5) is 0 Å². The van der Waals surface area contributed by atoms with E-state index in [-0.39, 0.29) is 11.5 Å². The van der Waals surface area contributed by atoms with Crippen LogP contribution in [0.3, 0.4) is 0 Å². The lowest BCUT2D eigenvalue weighted by molar-refractivity contribution is -0.145. The van der Waals surface area contributed by atoms with E-state index < -0.39 is 32.5 Å². The number of sulfone groups is 1. The van der Waals surface area contributed by atoms with E-state index in [0.717, 1.165) is 11.1 Å². The van der Waals surface area contributed by atoms with Gasteiger partial charge in [0.25, 0.3) is 0 Å². The van der Waals surface area contributed by atoms with E-state index in [1.165, 1.54) is 12.1 Å². The van der Waals surface area contributed by atoms with Crippen molar-refractivity contribution in [1.29, 1.82) is 0 Å². The number of ether oxygens (including phenoxy) is 1. The van der Waals surface area contributed by atoms with Crippen LogP contribution in [0, 0.1) is 6.92 Å². The van der Waals surface area contributed by atoms with Crippen molar-refractivity contribution in [1.82, 2.24) is 0 Å². The second kappa shape index (κ2) is 6.28. The number of hydrogen-bond donors (Lipinski definition) is 1. The Morgan fingerprint density at radius 2 is 1.72 bits per heavy atom. The number of aryl methyl sites for hydroxylation is 1. The van der Waals surface area contributed by atoms with Crippen molar-refractivity contribution in [2.75, 3.05) is 6.61 Å². The average Bonchev–Trinajstić information content (AvgIpc) is 3.25. The van der Waals surface area contributed by atoms with E-state index >= 15 is 0 Å². The van der Waals surface area contributed by atoms with Gasteiger partial charge < -0.3 is 10.5 Å². The lowest BCUT2D eigenvalue weighted by Gasteiger charge is -2.11. The van der Waals surface area contributed by atoms with Gasteiger partial charge in [0.15, 0.2) is 9.84 Å². The average molecular weight is 359 g/mol. The van der Waals surface area contributed by atoms with E-state index in [9.17, 15) is 13.2 Å². The van der Waals surface area contributed by atoms with Gasteiger partial charge in [-0.2, -0.15) is 0 Å². The molecular formula is C19H21NO4S. The summed E-state index contributed by atoms with van der Waals surface area (Å²) in [6.45, 7) is 3.76. The molecule has 0 radical (unpaired) electrons. The zero-order chi connectivity index (χ0) is 18.2. The molecule has 0 amide bonds. The predicted octanol–water partition coefficient (Wildman–Crippen LogP) is 2.20. The summed E-state index contributed by atoms with van der Waals surface area (Å²) in [5, 5.41) is -1.04. The second-order valence-electron chi connectivity index (χ2n) is 6.32. The topological polar surface area (TPSA) is 86.5 Å². The first-order chi connectivity index (χ1) is 11.8. The number of carbonyl (C=O) groups excluding carboxylic acids is 1. The van der Waals surface area contributed by atoms with Crippen molar-refractivity contribution in [2.24, 2.45) is 5.73 Å². The Bertz CT molecular complexity index is 877. The molecule has 5 nitrogen and oxygen atoms in total. The molecule has 2 aromatic carbocycles. The molecule has 1 aliphatic rings. The molecule has 3 rings (SSSR count). The molecule has 0 aromatic heterocycles. The Balaban J connectivity index is 2.06. The Labute approximate surface area is 147 Å². The van der Waals surface area contributed by atoms with Crippen LogP contribution in [0.15, 0.2) is 59.5 Å². The first kappa shape index (κ1) is 17.6. The zero-order valence-electron chi connectivity index (χ0n) is 14.2. The van der Waals surface area contributed by atoms with Gasteiger partial charge >= 0.3 is 5.97 Å². The molecule has 0 bridgehead atoms. The van der Waals surface area contributed by atoms with Crippen LogP contribution >= 0.6 is 0 Å². The quantitative estimate of drug-likeness (QED) is 0.827. The molecule has 0 spiro atoms. The third-order valence-electron chi connectivity index (χ3n) is 4.65. The lowest BCUT2D eigenvalue weighted by atomic mass is 10.1. The van der Waals surface area contributed by atoms with Crippen molar-refractivity contribution >= 4 is 15.8 Å². The van der Waals surface area contributed by atoms with E-state index in [1.54, 1.807) is 25.1 Å². The molecule has 2 N–H and O–H groups in total. The fourth-order valence-corrected chi connectivity index (χ4v) is 5.54. The summed E-state index contributed by atoms with van der Waals surface area (Å²) in [6, 6.07) is 15.5. The first-order valence-corrected chi connectivity index (χ1v) is 9.69. The minimum absolute atomic E-state index is 0.149. The number of carbonyl (C=O) groups is 1. The van der Waals surface area contributed by atoms with Gasteiger partial charge in [-0.05, 0) is 31.5 Å². The summed E-state index contributed by atoms with van der Waals surface area (Å²) in [5.74, 6) is -1.30. The fraction of sp³-hybridized carbons (Fsp3) is 0.316. The van der Waals surface area contributed by atoms with Crippen LogP contribution in [0.2, 0.25) is 0 Å². The highest BCUT2D eigenvalue weighted by Gasteiger charge is 2.74. The molecule has 3 unspecified atom stereocenters. The van der Waals surface area contributed by atoms with Gasteiger partial charge in [-0.3, -0.25) is 0 Å². The summed E-state index contributed by atoms with van der Waals surface area (Å²) in [6.07, 6.45) is 0.